The van der Waals surface area contributed by atoms with Gasteiger partial charge in [-0.15, -0.1) is 0 Å². The minimum Gasteiger partial charge on any atom is -0.508 e. The third-order valence-corrected chi connectivity index (χ3v) is 14.1. The van der Waals surface area contributed by atoms with Gasteiger partial charge in [0.2, 0.25) is 5.60 Å². The van der Waals surface area contributed by atoms with E-state index in [1.165, 1.54) is 4.90 Å². The molecule has 1 atom stereocenters. The van der Waals surface area contributed by atoms with Crippen molar-refractivity contribution in [2.45, 2.75) is 111 Å². The molecule has 0 spiro atoms. The maximum atomic E-state index is 14.3. The average Bonchev–Trinajstić information content (AvgIpc) is 3.93. The molecule has 1 saturated heterocycles. The molecule has 0 aliphatic carbocycles. The summed E-state index contributed by atoms with van der Waals surface area (Å²) in [5.41, 5.74) is 4.19. The second-order valence-electron chi connectivity index (χ2n) is 20.5. The molecular formula is C55H64N8O10. The van der Waals surface area contributed by atoms with Gasteiger partial charge in [0.05, 0.1) is 34.7 Å². The number of benzene rings is 3. The van der Waals surface area contributed by atoms with Crippen molar-refractivity contribution in [3.63, 3.8) is 0 Å². The summed E-state index contributed by atoms with van der Waals surface area (Å²) >= 11 is 0. The topological polar surface area (TPSA) is 204 Å². The molecule has 3 aliphatic rings. The molecule has 384 valence electrons. The normalized spacial score (nSPS) is 16.8. The number of fused-ring (bicyclic) bond motifs is 5. The number of nitrogens with one attached hydrogen (secondary N) is 1. The molecule has 0 bridgehead atoms. The third-order valence-electron chi connectivity index (χ3n) is 14.1. The van der Waals surface area contributed by atoms with Crippen LogP contribution in [0.25, 0.3) is 39.4 Å². The summed E-state index contributed by atoms with van der Waals surface area (Å²) in [4.78, 5) is 78.7. The fourth-order valence-corrected chi connectivity index (χ4v) is 10.2. The van der Waals surface area contributed by atoms with E-state index in [0.29, 0.717) is 59.1 Å². The van der Waals surface area contributed by atoms with E-state index in [1.807, 2.05) is 51.1 Å². The zero-order valence-corrected chi connectivity index (χ0v) is 42.9. The Morgan fingerprint density at radius 2 is 1.67 bits per heavy atom. The van der Waals surface area contributed by atoms with E-state index in [9.17, 15) is 29.1 Å². The Kier molecular flexibility index (Phi) is 14.1. The second kappa shape index (κ2) is 20.3. The number of nitrogens with zero attached hydrogens (tertiary/aromatic N) is 7. The van der Waals surface area contributed by atoms with Crippen LogP contribution in [0.2, 0.25) is 0 Å². The fraction of sp³-hybridized carbons (Fsp3) is 0.436. The zero-order valence-electron chi connectivity index (χ0n) is 42.9. The first-order valence-corrected chi connectivity index (χ1v) is 25.2. The number of carbonyl (C=O) groups is 3. The van der Waals surface area contributed by atoms with Gasteiger partial charge in [-0.2, -0.15) is 5.10 Å². The smallest absolute Gasteiger partial charge is 0.508 e. The van der Waals surface area contributed by atoms with Gasteiger partial charge in [0.25, 0.3) is 5.56 Å². The maximum Gasteiger partial charge on any atom is 0.514 e. The molecule has 73 heavy (non-hydrogen) atoms. The number of aromatic nitrogens is 5. The lowest BCUT2D eigenvalue weighted by Gasteiger charge is -2.36. The van der Waals surface area contributed by atoms with Gasteiger partial charge in [0.1, 0.15) is 23.7 Å². The van der Waals surface area contributed by atoms with Gasteiger partial charge in [-0.25, -0.2) is 33.8 Å². The number of esters is 1. The quantitative estimate of drug-likeness (QED) is 0.0459. The van der Waals surface area contributed by atoms with Gasteiger partial charge >= 0.3 is 23.9 Å². The summed E-state index contributed by atoms with van der Waals surface area (Å²) < 4.78 is 25.8. The SMILES string of the molecule is CCc1c2c(nc3ccc(OC(=O)OC(C)(C)C)cc13)-c1cc3c(c(=O)n1C2)COC(=O)C3(CC)OC(=O)N(C)CCCCN1CCN(Cc2ccc(-n3c(-c4ccc(O)c(C(C)C)c4)n[nH]c3=O)cc2)CC1. The van der Waals surface area contributed by atoms with Crippen LogP contribution in [0.5, 0.6) is 11.5 Å². The van der Waals surface area contributed by atoms with Crippen LogP contribution in [0.4, 0.5) is 9.59 Å². The first-order valence-electron chi connectivity index (χ1n) is 25.2. The molecule has 3 aliphatic heterocycles. The molecule has 1 amide bonds. The molecule has 6 aromatic rings. The van der Waals surface area contributed by atoms with Crippen LogP contribution in [0.3, 0.4) is 0 Å². The Bertz CT molecular complexity index is 3220. The number of cyclic esters (lactones) is 1. The number of aromatic hydroxyl groups is 1. The Labute approximate surface area is 423 Å². The molecule has 6 heterocycles. The molecular weight excluding hydrogens is 933 g/mol. The van der Waals surface area contributed by atoms with Gasteiger partial charge in [-0.3, -0.25) is 9.69 Å². The number of carbonyl (C=O) groups excluding carboxylic acids is 3. The number of phenolic OH excluding ortho intramolecular Hbond substituents is 1. The molecule has 0 radical (unpaired) electrons. The van der Waals surface area contributed by atoms with Crippen molar-refractivity contribution in [3.8, 4) is 40.0 Å². The maximum absolute atomic E-state index is 14.3. The standard InChI is InChI=1S/C55H64N8O10/c1-9-38-40-28-37(71-53(69)73-54(5,6)7)18-19-44(40)56-47-41(38)31-62-45(47)29-43-42(49(62)65)32-70-50(66)55(43,10-2)72-52(68)59(8)21-11-12-22-60-23-25-61(26-24-60)30-34-13-16-36(17-14-34)63-48(57-58-51(63)67)35-15-20-46(64)39(27-35)33(3)4/h13-20,27-29,33,64H,9-12,21-26,30-32H2,1-8H3,(H,58,67). The van der Waals surface area contributed by atoms with Crippen LogP contribution in [-0.4, -0.2) is 114 Å². The summed E-state index contributed by atoms with van der Waals surface area (Å²) in [6, 6.07) is 20.1. The number of piperazine rings is 1. The molecule has 3 aromatic heterocycles. The van der Waals surface area contributed by atoms with Gasteiger partial charge in [-0.1, -0.05) is 39.8 Å². The number of ether oxygens (including phenoxy) is 4. The first-order chi connectivity index (χ1) is 34.9. The van der Waals surface area contributed by atoms with Gasteiger partial charge in [0, 0.05) is 68.4 Å². The number of H-pyrrole nitrogens is 1. The predicted octanol–water partition coefficient (Wildman–Crippen LogP) is 8.00. The minimum absolute atomic E-state index is 0.0477. The Morgan fingerprint density at radius 3 is 2.37 bits per heavy atom. The van der Waals surface area contributed by atoms with E-state index >= 15 is 0 Å². The van der Waals surface area contributed by atoms with E-state index in [4.69, 9.17) is 23.9 Å². The summed E-state index contributed by atoms with van der Waals surface area (Å²) in [5.74, 6) is 0.368. The van der Waals surface area contributed by atoms with Crippen molar-refractivity contribution in [2.24, 2.45) is 0 Å². The largest absolute Gasteiger partial charge is 0.514 e. The monoisotopic (exact) mass is 996 g/mol. The molecule has 0 saturated carbocycles. The molecule has 3 aromatic carbocycles. The number of aromatic amines is 1. The zero-order chi connectivity index (χ0) is 51.9. The number of aryl methyl sites for hydroxylation is 1. The number of hydrogen-bond acceptors (Lipinski definition) is 14. The summed E-state index contributed by atoms with van der Waals surface area (Å²) in [6.45, 7) is 18.7. The molecule has 18 nitrogen and oxygen atoms in total. The van der Waals surface area contributed by atoms with Crippen molar-refractivity contribution in [1.82, 2.24) is 39.0 Å². The van der Waals surface area contributed by atoms with Crippen molar-refractivity contribution in [2.75, 3.05) is 46.3 Å². The summed E-state index contributed by atoms with van der Waals surface area (Å²) in [7, 11) is 1.65. The Balaban J connectivity index is 0.795. The summed E-state index contributed by atoms with van der Waals surface area (Å²) in [6.07, 6.45) is 0.706. The van der Waals surface area contributed by atoms with Crippen LogP contribution >= 0.6 is 0 Å². The van der Waals surface area contributed by atoms with Gasteiger partial charge < -0.3 is 38.4 Å². The third kappa shape index (κ3) is 10.1. The highest BCUT2D eigenvalue weighted by molar-refractivity contribution is 5.91. The lowest BCUT2D eigenvalue weighted by Crippen LogP contribution is -2.49. The number of hydrogen-bond donors (Lipinski definition) is 2. The highest BCUT2D eigenvalue weighted by atomic mass is 16.7. The number of unbranched alkanes of at least 4 members (excludes halogenated alkanes) is 1. The van der Waals surface area contributed by atoms with E-state index < -0.39 is 29.4 Å². The van der Waals surface area contributed by atoms with Crippen molar-refractivity contribution >= 4 is 29.1 Å². The highest BCUT2D eigenvalue weighted by Crippen LogP contribution is 2.43. The van der Waals surface area contributed by atoms with E-state index in [-0.39, 0.29) is 48.1 Å². The number of amides is 1. The van der Waals surface area contributed by atoms with Crippen LogP contribution in [0, 0.1) is 0 Å². The molecule has 18 heteroatoms. The molecule has 1 fully saturated rings. The molecule has 2 N–H and O–H groups in total. The number of phenols is 1. The van der Waals surface area contributed by atoms with Gasteiger partial charge in [0.15, 0.2) is 5.82 Å². The van der Waals surface area contributed by atoms with E-state index in [2.05, 4.69) is 20.0 Å². The number of pyridine rings is 2. The van der Waals surface area contributed by atoms with E-state index in [1.54, 1.807) is 80.3 Å². The lowest BCUT2D eigenvalue weighted by molar-refractivity contribution is -0.173. The van der Waals surface area contributed by atoms with Crippen LogP contribution < -0.4 is 16.0 Å². The lowest BCUT2D eigenvalue weighted by atomic mass is 9.85. The Morgan fingerprint density at radius 1 is 0.932 bits per heavy atom. The van der Waals surface area contributed by atoms with Gasteiger partial charge in [-0.05, 0) is 130 Å². The van der Waals surface area contributed by atoms with Crippen molar-refractivity contribution < 1.29 is 38.4 Å². The first kappa shape index (κ1) is 50.6. The number of rotatable bonds is 14. The van der Waals surface area contributed by atoms with E-state index in [0.717, 1.165) is 78.9 Å². The minimum atomic E-state index is -1.84. The molecule has 1 unspecified atom stereocenters. The predicted molar refractivity (Wildman–Crippen MR) is 274 cm³/mol. The highest BCUT2D eigenvalue weighted by Gasteiger charge is 2.51. The van der Waals surface area contributed by atoms with Crippen LogP contribution in [-0.2, 0) is 50.7 Å². The van der Waals surface area contributed by atoms with Crippen LogP contribution in [0.15, 0.2) is 76.3 Å². The summed E-state index contributed by atoms with van der Waals surface area (Å²) in [5, 5.41) is 18.0. The van der Waals surface area contributed by atoms with Crippen molar-refractivity contribution in [3.05, 3.63) is 121 Å². The Hall–Kier alpha value is -7.31. The van der Waals surface area contributed by atoms with Crippen molar-refractivity contribution in [1.29, 1.82) is 0 Å². The molecule has 9 rings (SSSR count). The fourth-order valence-electron chi connectivity index (χ4n) is 10.2. The average molecular weight is 997 g/mol. The van der Waals surface area contributed by atoms with Crippen LogP contribution in [0.1, 0.15) is 107 Å². The second-order valence-corrected chi connectivity index (χ2v) is 20.5.